The molecule has 0 saturated carbocycles. The van der Waals surface area contributed by atoms with E-state index in [4.69, 9.17) is 5.73 Å². The Morgan fingerprint density at radius 3 is 2.88 bits per heavy atom. The van der Waals surface area contributed by atoms with Gasteiger partial charge >= 0.3 is 0 Å². The lowest BCUT2D eigenvalue weighted by Crippen LogP contribution is -2.13. The van der Waals surface area contributed by atoms with E-state index in [2.05, 4.69) is 25.1 Å². The molecular formula is C9H12N6OS. The van der Waals surface area contributed by atoms with Crippen molar-refractivity contribution < 1.29 is 4.79 Å². The van der Waals surface area contributed by atoms with Crippen LogP contribution in [0.2, 0.25) is 0 Å². The molecule has 0 aliphatic carbocycles. The van der Waals surface area contributed by atoms with Crippen molar-refractivity contribution in [2.24, 2.45) is 0 Å². The highest BCUT2D eigenvalue weighted by molar-refractivity contribution is 7.10. The molecule has 2 heterocycles. The zero-order valence-electron chi connectivity index (χ0n) is 9.39. The molecule has 0 bridgehead atoms. The topological polar surface area (TPSA) is 110 Å². The fraction of sp³-hybridized carbons (Fsp3) is 0.333. The van der Waals surface area contributed by atoms with Crippen molar-refractivity contribution in [1.29, 1.82) is 0 Å². The monoisotopic (exact) mass is 252 g/mol. The van der Waals surface area contributed by atoms with Gasteiger partial charge in [0, 0.05) is 11.5 Å². The van der Waals surface area contributed by atoms with E-state index in [1.807, 2.05) is 13.8 Å². The van der Waals surface area contributed by atoms with Crippen LogP contribution in [0.5, 0.6) is 0 Å². The van der Waals surface area contributed by atoms with Gasteiger partial charge in [0.1, 0.15) is 5.00 Å². The fourth-order valence-corrected chi connectivity index (χ4v) is 1.79. The van der Waals surface area contributed by atoms with Gasteiger partial charge in [0.25, 0.3) is 5.91 Å². The third-order valence-corrected chi connectivity index (χ3v) is 2.80. The predicted molar refractivity (Wildman–Crippen MR) is 65.0 cm³/mol. The Hall–Kier alpha value is -1.96. The number of nitrogens with one attached hydrogen (secondary N) is 2. The Morgan fingerprint density at radius 2 is 2.35 bits per heavy atom. The van der Waals surface area contributed by atoms with E-state index in [0.717, 1.165) is 17.2 Å². The first kappa shape index (κ1) is 11.5. The number of aromatic nitrogens is 4. The number of nitrogen functional groups attached to an aromatic ring is 1. The molecule has 0 fully saturated rings. The normalized spacial score (nSPS) is 10.8. The average molecular weight is 252 g/mol. The highest BCUT2D eigenvalue weighted by Crippen LogP contribution is 2.23. The van der Waals surface area contributed by atoms with Crippen LogP contribution in [-0.2, 0) is 0 Å². The summed E-state index contributed by atoms with van der Waals surface area (Å²) in [5, 5.41) is 13.5. The molecule has 4 N–H and O–H groups in total. The molecule has 2 aromatic rings. The maximum Gasteiger partial charge on any atom is 0.279 e. The van der Waals surface area contributed by atoms with Crippen LogP contribution in [0.25, 0.3) is 0 Å². The van der Waals surface area contributed by atoms with Gasteiger partial charge in [-0.1, -0.05) is 18.3 Å². The number of rotatable bonds is 3. The van der Waals surface area contributed by atoms with Crippen LogP contribution in [0, 0.1) is 0 Å². The zero-order valence-corrected chi connectivity index (χ0v) is 10.2. The fourth-order valence-electron chi connectivity index (χ4n) is 1.37. The Balaban J connectivity index is 2.20. The molecule has 0 radical (unpaired) electrons. The number of hydrogen-bond acceptors (Lipinski definition) is 6. The molecule has 0 atom stereocenters. The van der Waals surface area contributed by atoms with E-state index in [1.165, 1.54) is 6.20 Å². The minimum atomic E-state index is -0.364. The largest absolute Gasteiger partial charge is 0.395 e. The number of carbonyl (C=O) groups excluding carboxylic acids is 1. The summed E-state index contributed by atoms with van der Waals surface area (Å²) in [6, 6.07) is 0. The number of amides is 1. The van der Waals surface area contributed by atoms with Crippen LogP contribution in [0.3, 0.4) is 0 Å². The molecule has 8 heteroatoms. The van der Waals surface area contributed by atoms with Gasteiger partial charge in [-0.25, -0.2) is 0 Å². The van der Waals surface area contributed by atoms with Crippen molar-refractivity contribution in [2.45, 2.75) is 19.8 Å². The molecule has 0 saturated heterocycles. The van der Waals surface area contributed by atoms with E-state index in [0.29, 0.717) is 10.7 Å². The van der Waals surface area contributed by atoms with Crippen molar-refractivity contribution in [1.82, 2.24) is 19.8 Å². The first-order valence-electron chi connectivity index (χ1n) is 5.02. The van der Waals surface area contributed by atoms with Gasteiger partial charge < -0.3 is 11.1 Å². The van der Waals surface area contributed by atoms with Gasteiger partial charge in [0.15, 0.2) is 5.69 Å². The lowest BCUT2D eigenvalue weighted by Gasteiger charge is -2.02. The van der Waals surface area contributed by atoms with Crippen molar-refractivity contribution in [3.05, 3.63) is 17.6 Å². The Kier molecular flexibility index (Phi) is 3.05. The molecule has 0 spiro atoms. The molecule has 2 aromatic heterocycles. The second-order valence-corrected chi connectivity index (χ2v) is 4.58. The van der Waals surface area contributed by atoms with Crippen LogP contribution >= 0.6 is 11.5 Å². The van der Waals surface area contributed by atoms with E-state index < -0.39 is 0 Å². The number of nitrogens with zero attached hydrogens (tertiary/aromatic N) is 3. The van der Waals surface area contributed by atoms with Crippen LogP contribution < -0.4 is 11.1 Å². The van der Waals surface area contributed by atoms with E-state index in [-0.39, 0.29) is 17.5 Å². The summed E-state index contributed by atoms with van der Waals surface area (Å²) in [5.41, 5.74) is 7.19. The van der Waals surface area contributed by atoms with Crippen LogP contribution in [0.1, 0.15) is 35.9 Å². The van der Waals surface area contributed by atoms with Crippen molar-refractivity contribution in [2.75, 3.05) is 11.1 Å². The zero-order chi connectivity index (χ0) is 12.4. The van der Waals surface area contributed by atoms with Gasteiger partial charge in [-0.15, -0.1) is 5.10 Å². The van der Waals surface area contributed by atoms with Gasteiger partial charge in [-0.3, -0.25) is 9.89 Å². The standard InChI is InChI=1S/C9H12N6OS/c1-4(2)7-6(10)8(14-13-7)9(16)12-5-3-11-15-17-5/h3-4H,10H2,1-2H3,(H,12,16)(H,13,14). The summed E-state index contributed by atoms with van der Waals surface area (Å²) in [4.78, 5) is 11.8. The highest BCUT2D eigenvalue weighted by atomic mass is 32.1. The van der Waals surface area contributed by atoms with Crippen LogP contribution in [-0.4, -0.2) is 25.7 Å². The number of anilines is 2. The molecule has 2 rings (SSSR count). The lowest BCUT2D eigenvalue weighted by atomic mass is 10.1. The molecule has 0 aliphatic heterocycles. The molecule has 0 aromatic carbocycles. The molecule has 0 aliphatic rings. The first-order valence-corrected chi connectivity index (χ1v) is 5.79. The van der Waals surface area contributed by atoms with Crippen LogP contribution in [0.15, 0.2) is 6.20 Å². The third-order valence-electron chi connectivity index (χ3n) is 2.22. The van der Waals surface area contributed by atoms with Gasteiger partial charge in [-0.05, 0) is 5.92 Å². The number of H-pyrrole nitrogens is 1. The summed E-state index contributed by atoms with van der Waals surface area (Å²) in [5.74, 6) is -0.175. The van der Waals surface area contributed by atoms with E-state index in [1.54, 1.807) is 0 Å². The SMILES string of the molecule is CC(C)c1[nH]nc(C(=O)Nc2cnns2)c1N. The Labute approximate surface area is 102 Å². The minimum absolute atomic E-state index is 0.189. The summed E-state index contributed by atoms with van der Waals surface area (Å²) in [7, 11) is 0. The van der Waals surface area contributed by atoms with Gasteiger partial charge in [-0.2, -0.15) is 5.10 Å². The summed E-state index contributed by atoms with van der Waals surface area (Å²) in [6.45, 7) is 3.94. The number of hydrogen-bond donors (Lipinski definition) is 3. The Morgan fingerprint density at radius 1 is 1.59 bits per heavy atom. The summed E-state index contributed by atoms with van der Waals surface area (Å²) in [6.07, 6.45) is 1.47. The minimum Gasteiger partial charge on any atom is -0.395 e. The first-order chi connectivity index (χ1) is 8.09. The van der Waals surface area contributed by atoms with E-state index in [9.17, 15) is 4.79 Å². The summed E-state index contributed by atoms with van der Waals surface area (Å²) < 4.78 is 3.64. The van der Waals surface area contributed by atoms with E-state index >= 15 is 0 Å². The molecule has 17 heavy (non-hydrogen) atoms. The van der Waals surface area contributed by atoms with Gasteiger partial charge in [0.05, 0.1) is 17.6 Å². The van der Waals surface area contributed by atoms with Crippen molar-refractivity contribution in [3.8, 4) is 0 Å². The maximum atomic E-state index is 11.8. The molecule has 1 amide bonds. The smallest absolute Gasteiger partial charge is 0.279 e. The lowest BCUT2D eigenvalue weighted by molar-refractivity contribution is 0.102. The molecular weight excluding hydrogens is 240 g/mol. The number of nitrogens with two attached hydrogens (primary N) is 1. The highest BCUT2D eigenvalue weighted by Gasteiger charge is 2.19. The average Bonchev–Trinajstić information content (AvgIpc) is 2.86. The molecule has 90 valence electrons. The van der Waals surface area contributed by atoms with Gasteiger partial charge in [0.2, 0.25) is 0 Å². The second kappa shape index (κ2) is 4.50. The second-order valence-electron chi connectivity index (χ2n) is 3.79. The molecule has 7 nitrogen and oxygen atoms in total. The third kappa shape index (κ3) is 2.26. The van der Waals surface area contributed by atoms with Crippen molar-refractivity contribution in [3.63, 3.8) is 0 Å². The Bertz CT molecular complexity index is 518. The van der Waals surface area contributed by atoms with Crippen LogP contribution in [0.4, 0.5) is 10.7 Å². The summed E-state index contributed by atoms with van der Waals surface area (Å²) >= 11 is 1.09. The maximum absolute atomic E-state index is 11.8. The predicted octanol–water partition coefficient (Wildman–Crippen LogP) is 1.22. The molecule has 0 unspecified atom stereocenters. The number of aromatic amines is 1. The van der Waals surface area contributed by atoms with Crippen molar-refractivity contribution >= 4 is 28.1 Å². The number of carbonyl (C=O) groups is 1. The quantitative estimate of drug-likeness (QED) is 0.760.